The molecule has 0 radical (unpaired) electrons. The number of nitrogens with one attached hydrogen (secondary N) is 1. The Hall–Kier alpha value is -3.41. The minimum absolute atomic E-state index is 0.241. The summed E-state index contributed by atoms with van der Waals surface area (Å²) in [5.41, 5.74) is 2.60. The smallest absolute Gasteiger partial charge is 0.255 e. The van der Waals surface area contributed by atoms with E-state index in [2.05, 4.69) is 10.3 Å². The molecule has 0 aliphatic rings. The van der Waals surface area contributed by atoms with Gasteiger partial charge in [0.1, 0.15) is 23.8 Å². The number of ether oxygens (including phenoxy) is 1. The van der Waals surface area contributed by atoms with E-state index >= 15 is 0 Å². The van der Waals surface area contributed by atoms with Crippen LogP contribution in [0.3, 0.4) is 0 Å². The predicted octanol–water partition coefficient (Wildman–Crippen LogP) is 4.37. The molecule has 0 aliphatic heterocycles. The summed E-state index contributed by atoms with van der Waals surface area (Å²) < 4.78 is 19.7. The van der Waals surface area contributed by atoms with Crippen LogP contribution in [0.4, 0.5) is 10.1 Å². The largest absolute Gasteiger partial charge is 0.506 e. The highest BCUT2D eigenvalue weighted by molar-refractivity contribution is 6.05. The summed E-state index contributed by atoms with van der Waals surface area (Å²) in [4.78, 5) is 16.5. The fourth-order valence-electron chi connectivity index (χ4n) is 2.77. The van der Waals surface area contributed by atoms with Crippen LogP contribution in [-0.4, -0.2) is 16.0 Å². The lowest BCUT2D eigenvalue weighted by Crippen LogP contribution is -2.14. The van der Waals surface area contributed by atoms with E-state index < -0.39 is 11.7 Å². The topological polar surface area (TPSA) is 71.5 Å². The van der Waals surface area contributed by atoms with E-state index in [9.17, 15) is 14.3 Å². The molecule has 1 heterocycles. The number of rotatable bonds is 5. The molecule has 5 nitrogen and oxygen atoms in total. The van der Waals surface area contributed by atoms with Crippen LogP contribution in [0, 0.1) is 19.7 Å². The molecule has 0 bridgehead atoms. The van der Waals surface area contributed by atoms with Gasteiger partial charge >= 0.3 is 0 Å². The summed E-state index contributed by atoms with van der Waals surface area (Å²) in [6.45, 7) is 4.04. The molecular weight excluding hydrogens is 347 g/mol. The number of anilines is 1. The number of hydrogen-bond acceptors (Lipinski definition) is 4. The maximum absolute atomic E-state index is 13.8. The van der Waals surface area contributed by atoms with E-state index in [1.807, 2.05) is 26.0 Å². The van der Waals surface area contributed by atoms with Crippen molar-refractivity contribution in [2.45, 2.75) is 20.5 Å². The number of benzene rings is 2. The van der Waals surface area contributed by atoms with E-state index in [1.54, 1.807) is 24.5 Å². The first-order chi connectivity index (χ1) is 13.0. The number of phenols is 1. The van der Waals surface area contributed by atoms with Gasteiger partial charge in [-0.1, -0.05) is 12.1 Å². The van der Waals surface area contributed by atoms with E-state index in [4.69, 9.17) is 4.74 Å². The monoisotopic (exact) mass is 366 g/mol. The van der Waals surface area contributed by atoms with Crippen molar-refractivity contribution in [3.63, 3.8) is 0 Å². The highest BCUT2D eigenvalue weighted by Crippen LogP contribution is 2.29. The lowest BCUT2D eigenvalue weighted by atomic mass is 10.0. The van der Waals surface area contributed by atoms with Gasteiger partial charge in [-0.3, -0.25) is 9.78 Å². The Balaban J connectivity index is 1.78. The third kappa shape index (κ3) is 4.23. The van der Waals surface area contributed by atoms with Gasteiger partial charge in [0, 0.05) is 23.5 Å². The third-order valence-electron chi connectivity index (χ3n) is 4.06. The van der Waals surface area contributed by atoms with Gasteiger partial charge in [-0.2, -0.15) is 0 Å². The first-order valence-electron chi connectivity index (χ1n) is 8.37. The minimum Gasteiger partial charge on any atom is -0.506 e. The first-order valence-corrected chi connectivity index (χ1v) is 8.37. The number of carbonyl (C=O) groups is 1. The average molecular weight is 366 g/mol. The number of phenolic OH excluding ortho intramolecular Hbond substituents is 1. The van der Waals surface area contributed by atoms with E-state index in [-0.39, 0.29) is 11.4 Å². The molecule has 6 heteroatoms. The van der Waals surface area contributed by atoms with E-state index in [0.717, 1.165) is 16.7 Å². The Labute approximate surface area is 156 Å². The van der Waals surface area contributed by atoms with Crippen molar-refractivity contribution < 1.29 is 19.0 Å². The molecule has 3 rings (SSSR count). The van der Waals surface area contributed by atoms with Gasteiger partial charge < -0.3 is 15.2 Å². The molecule has 0 aliphatic carbocycles. The molecule has 0 atom stereocenters. The summed E-state index contributed by atoms with van der Waals surface area (Å²) in [6, 6.07) is 10.9. The molecule has 3 aromatic rings. The molecule has 0 spiro atoms. The second kappa shape index (κ2) is 7.86. The average Bonchev–Trinajstić information content (AvgIpc) is 2.64. The summed E-state index contributed by atoms with van der Waals surface area (Å²) >= 11 is 0. The Kier molecular flexibility index (Phi) is 5.35. The second-order valence-corrected chi connectivity index (χ2v) is 6.18. The number of amides is 1. The summed E-state index contributed by atoms with van der Waals surface area (Å²) in [7, 11) is 0. The van der Waals surface area contributed by atoms with Crippen LogP contribution < -0.4 is 10.1 Å². The number of para-hydroxylation sites is 1. The number of aromatic nitrogens is 1. The van der Waals surface area contributed by atoms with Gasteiger partial charge in [0.25, 0.3) is 5.91 Å². The fourth-order valence-corrected chi connectivity index (χ4v) is 2.77. The van der Waals surface area contributed by atoms with Crippen molar-refractivity contribution >= 4 is 11.6 Å². The van der Waals surface area contributed by atoms with Crippen molar-refractivity contribution in [3.8, 4) is 11.5 Å². The van der Waals surface area contributed by atoms with Gasteiger partial charge in [0.15, 0.2) is 5.82 Å². The summed E-state index contributed by atoms with van der Waals surface area (Å²) in [6.07, 6.45) is 3.42. The van der Waals surface area contributed by atoms with Gasteiger partial charge in [-0.15, -0.1) is 0 Å². The van der Waals surface area contributed by atoms with Crippen LogP contribution >= 0.6 is 0 Å². The van der Waals surface area contributed by atoms with Crippen molar-refractivity contribution in [1.29, 1.82) is 0 Å². The maximum Gasteiger partial charge on any atom is 0.255 e. The van der Waals surface area contributed by atoms with Crippen molar-refractivity contribution in [3.05, 3.63) is 82.9 Å². The quantitative estimate of drug-likeness (QED) is 0.658. The van der Waals surface area contributed by atoms with Crippen LogP contribution in [0.1, 0.15) is 27.0 Å². The standard InChI is InChI=1S/C21H19FN2O3/c1-13-9-16(21(26)24-19-17(22)6-3-7-18(19)25)10-14(2)20(13)27-12-15-5-4-8-23-11-15/h3-11,25H,12H2,1-2H3,(H,24,26). The highest BCUT2D eigenvalue weighted by Gasteiger charge is 2.15. The zero-order valence-corrected chi connectivity index (χ0v) is 15.0. The normalized spacial score (nSPS) is 10.5. The van der Waals surface area contributed by atoms with Crippen LogP contribution in [0.5, 0.6) is 11.5 Å². The number of aromatic hydroxyl groups is 1. The maximum atomic E-state index is 13.8. The predicted molar refractivity (Wildman–Crippen MR) is 101 cm³/mol. The van der Waals surface area contributed by atoms with Gasteiger partial charge in [-0.25, -0.2) is 4.39 Å². The number of hydrogen-bond donors (Lipinski definition) is 2. The zero-order chi connectivity index (χ0) is 19.4. The summed E-state index contributed by atoms with van der Waals surface area (Å²) in [5.74, 6) is -0.856. The molecule has 138 valence electrons. The Morgan fingerprint density at radius 2 is 1.93 bits per heavy atom. The number of halogens is 1. The Morgan fingerprint density at radius 3 is 2.56 bits per heavy atom. The molecule has 1 aromatic heterocycles. The first kappa shape index (κ1) is 18.4. The molecule has 1 amide bonds. The lowest BCUT2D eigenvalue weighted by molar-refractivity contribution is 0.102. The SMILES string of the molecule is Cc1cc(C(=O)Nc2c(O)cccc2F)cc(C)c1OCc1cccnc1. The molecular formula is C21H19FN2O3. The Morgan fingerprint density at radius 1 is 1.19 bits per heavy atom. The number of aryl methyl sites for hydroxylation is 2. The van der Waals surface area contributed by atoms with Gasteiger partial charge in [0.05, 0.1) is 0 Å². The highest BCUT2D eigenvalue weighted by atomic mass is 19.1. The molecule has 0 fully saturated rings. The van der Waals surface area contributed by atoms with Gasteiger partial charge in [0.2, 0.25) is 0 Å². The molecule has 0 saturated carbocycles. The van der Waals surface area contributed by atoms with Crippen molar-refractivity contribution in [2.24, 2.45) is 0 Å². The fraction of sp³-hybridized carbons (Fsp3) is 0.143. The third-order valence-corrected chi connectivity index (χ3v) is 4.06. The van der Waals surface area contributed by atoms with Crippen LogP contribution in [0.15, 0.2) is 54.9 Å². The number of nitrogens with zero attached hydrogens (tertiary/aromatic N) is 1. The Bertz CT molecular complexity index is 931. The molecule has 2 aromatic carbocycles. The minimum atomic E-state index is -0.701. The van der Waals surface area contributed by atoms with E-state index in [0.29, 0.717) is 17.9 Å². The van der Waals surface area contributed by atoms with Crippen molar-refractivity contribution in [2.75, 3.05) is 5.32 Å². The number of carbonyl (C=O) groups excluding carboxylic acids is 1. The summed E-state index contributed by atoms with van der Waals surface area (Å²) in [5, 5.41) is 12.2. The van der Waals surface area contributed by atoms with Gasteiger partial charge in [-0.05, 0) is 55.3 Å². The molecule has 0 unspecified atom stereocenters. The second-order valence-electron chi connectivity index (χ2n) is 6.18. The zero-order valence-electron chi connectivity index (χ0n) is 15.0. The van der Waals surface area contributed by atoms with Crippen LogP contribution in [-0.2, 0) is 6.61 Å². The molecule has 0 saturated heterocycles. The molecule has 2 N–H and O–H groups in total. The van der Waals surface area contributed by atoms with Crippen molar-refractivity contribution in [1.82, 2.24) is 4.98 Å². The number of pyridine rings is 1. The van der Waals surface area contributed by atoms with Crippen LogP contribution in [0.2, 0.25) is 0 Å². The van der Waals surface area contributed by atoms with Crippen LogP contribution in [0.25, 0.3) is 0 Å². The van der Waals surface area contributed by atoms with E-state index in [1.165, 1.54) is 18.2 Å². The lowest BCUT2D eigenvalue weighted by Gasteiger charge is -2.14. The molecule has 27 heavy (non-hydrogen) atoms.